The Labute approximate surface area is 181 Å². The smallest absolute Gasteiger partial charge is 0.325 e. The van der Waals surface area contributed by atoms with Crippen molar-refractivity contribution in [1.82, 2.24) is 9.88 Å². The van der Waals surface area contributed by atoms with Crippen LogP contribution in [-0.2, 0) is 25.7 Å². The average Bonchev–Trinajstić information content (AvgIpc) is 3.09. The van der Waals surface area contributed by atoms with E-state index in [0.717, 1.165) is 15.8 Å². The number of aromatic nitrogens is 1. The van der Waals surface area contributed by atoms with Crippen molar-refractivity contribution in [2.24, 2.45) is 0 Å². The lowest BCUT2D eigenvalue weighted by molar-refractivity contribution is -0.141. The molecule has 0 atom stereocenters. The number of amides is 2. The largest absolute Gasteiger partial charge is 0.468 e. The molecule has 1 saturated heterocycles. The number of rotatable bonds is 4. The molecule has 2 aromatic carbocycles. The highest BCUT2D eigenvalue weighted by atomic mass is 32.1. The van der Waals surface area contributed by atoms with Crippen LogP contribution < -0.4 is 10.2 Å². The third-order valence-corrected chi connectivity index (χ3v) is 5.12. The number of carbonyl (C=O) groups excluding carboxylic acids is 3. The molecule has 0 radical (unpaired) electrons. The van der Waals surface area contributed by atoms with Gasteiger partial charge in [-0.2, -0.15) is 0 Å². The van der Waals surface area contributed by atoms with Crippen LogP contribution in [0.4, 0.5) is 10.1 Å². The van der Waals surface area contributed by atoms with Gasteiger partial charge < -0.3 is 9.30 Å². The zero-order chi connectivity index (χ0) is 22.1. The minimum Gasteiger partial charge on any atom is -0.468 e. The van der Waals surface area contributed by atoms with Gasteiger partial charge in [-0.3, -0.25) is 24.6 Å². The number of nitrogens with one attached hydrogen (secondary N) is 1. The number of hydrogen-bond acceptors (Lipinski definition) is 5. The van der Waals surface area contributed by atoms with Gasteiger partial charge in [-0.15, -0.1) is 0 Å². The summed E-state index contributed by atoms with van der Waals surface area (Å²) in [4.78, 5) is 38.6. The number of halogens is 1. The molecule has 1 aliphatic rings. The first-order valence-electron chi connectivity index (χ1n) is 9.21. The number of hydrogen-bond donors (Lipinski definition) is 1. The van der Waals surface area contributed by atoms with Gasteiger partial charge in [0.15, 0.2) is 5.11 Å². The first kappa shape index (κ1) is 20.4. The minimum absolute atomic E-state index is 0.0217. The lowest BCUT2D eigenvalue weighted by Gasteiger charge is -2.28. The SMILES string of the molecule is COC(=O)Cn1cc(/C=C2/C(=O)NC(=S)N(c3ccc(F)cc3)C2=O)c2ccccc21. The standard InChI is InChI=1S/C22H16FN3O4S/c1-30-19(27)12-25-11-13(16-4-2-3-5-18(16)25)10-17-20(28)24-22(31)26(21(17)29)15-8-6-14(23)7-9-15/h2-11H,12H2,1H3,(H,24,28,31)/b17-10-. The predicted molar refractivity (Wildman–Crippen MR) is 117 cm³/mol. The van der Waals surface area contributed by atoms with Crippen molar-refractivity contribution in [2.45, 2.75) is 6.54 Å². The Balaban J connectivity index is 1.78. The van der Waals surface area contributed by atoms with Crippen molar-refractivity contribution >= 4 is 57.8 Å². The van der Waals surface area contributed by atoms with Gasteiger partial charge in [0, 0.05) is 22.7 Å². The van der Waals surface area contributed by atoms with Crippen molar-refractivity contribution in [2.75, 3.05) is 12.0 Å². The fourth-order valence-electron chi connectivity index (χ4n) is 3.36. The molecule has 156 valence electrons. The van der Waals surface area contributed by atoms with Crippen LogP contribution in [0, 0.1) is 5.82 Å². The molecule has 1 aromatic heterocycles. The molecule has 0 bridgehead atoms. The zero-order valence-electron chi connectivity index (χ0n) is 16.3. The second-order valence-electron chi connectivity index (χ2n) is 6.74. The normalized spacial score (nSPS) is 15.5. The molecule has 0 aliphatic carbocycles. The van der Waals surface area contributed by atoms with Crippen molar-refractivity contribution in [1.29, 1.82) is 0 Å². The van der Waals surface area contributed by atoms with E-state index in [0.29, 0.717) is 11.3 Å². The average molecular weight is 437 g/mol. The van der Waals surface area contributed by atoms with Gasteiger partial charge in [0.2, 0.25) is 0 Å². The van der Waals surface area contributed by atoms with E-state index in [9.17, 15) is 18.8 Å². The lowest BCUT2D eigenvalue weighted by Crippen LogP contribution is -2.54. The van der Waals surface area contributed by atoms with Crippen molar-refractivity contribution < 1.29 is 23.5 Å². The quantitative estimate of drug-likeness (QED) is 0.294. The molecule has 2 heterocycles. The number of methoxy groups -OCH3 is 1. The number of para-hydroxylation sites is 1. The second kappa shape index (κ2) is 8.11. The molecule has 3 aromatic rings. The summed E-state index contributed by atoms with van der Waals surface area (Å²) < 4.78 is 19.7. The molecule has 1 N–H and O–H groups in total. The number of fused-ring (bicyclic) bond motifs is 1. The summed E-state index contributed by atoms with van der Waals surface area (Å²) in [5.41, 5.74) is 1.51. The van der Waals surface area contributed by atoms with Crippen LogP contribution >= 0.6 is 12.2 Å². The summed E-state index contributed by atoms with van der Waals surface area (Å²) in [5, 5.41) is 3.15. The number of thiocarbonyl (C=S) groups is 1. The number of nitrogens with zero attached hydrogens (tertiary/aromatic N) is 2. The summed E-state index contributed by atoms with van der Waals surface area (Å²) in [5.74, 6) is -2.17. The number of carbonyl (C=O) groups is 3. The summed E-state index contributed by atoms with van der Waals surface area (Å²) in [6, 6.07) is 12.5. The maximum atomic E-state index is 13.3. The van der Waals surface area contributed by atoms with E-state index in [-0.39, 0.29) is 17.2 Å². The fourth-order valence-corrected chi connectivity index (χ4v) is 3.64. The molecule has 1 aliphatic heterocycles. The van der Waals surface area contributed by atoms with Crippen LogP contribution in [0.15, 0.2) is 60.3 Å². The molecule has 2 amide bonds. The number of anilines is 1. The topological polar surface area (TPSA) is 80.6 Å². The Morgan fingerprint density at radius 2 is 1.87 bits per heavy atom. The van der Waals surface area contributed by atoms with Crippen LogP contribution in [0.2, 0.25) is 0 Å². The van der Waals surface area contributed by atoms with Gasteiger partial charge in [0.1, 0.15) is 17.9 Å². The number of benzene rings is 2. The van der Waals surface area contributed by atoms with Crippen LogP contribution in [0.25, 0.3) is 17.0 Å². The van der Waals surface area contributed by atoms with Gasteiger partial charge >= 0.3 is 5.97 Å². The van der Waals surface area contributed by atoms with E-state index in [1.807, 2.05) is 24.3 Å². The molecule has 0 unspecified atom stereocenters. The van der Waals surface area contributed by atoms with Crippen LogP contribution in [0.3, 0.4) is 0 Å². The summed E-state index contributed by atoms with van der Waals surface area (Å²) in [6.07, 6.45) is 3.12. The Kier molecular flexibility index (Phi) is 5.35. The van der Waals surface area contributed by atoms with Gasteiger partial charge in [-0.1, -0.05) is 18.2 Å². The zero-order valence-corrected chi connectivity index (χ0v) is 17.1. The Morgan fingerprint density at radius 3 is 2.58 bits per heavy atom. The molecule has 7 nitrogen and oxygen atoms in total. The van der Waals surface area contributed by atoms with E-state index in [1.54, 1.807) is 10.8 Å². The molecule has 31 heavy (non-hydrogen) atoms. The summed E-state index contributed by atoms with van der Waals surface area (Å²) >= 11 is 5.15. The molecular formula is C22H16FN3O4S. The third-order valence-electron chi connectivity index (χ3n) is 4.83. The highest BCUT2D eigenvalue weighted by molar-refractivity contribution is 7.80. The minimum atomic E-state index is -0.641. The van der Waals surface area contributed by atoms with Crippen LogP contribution in [0.5, 0.6) is 0 Å². The Bertz CT molecular complexity index is 1260. The van der Waals surface area contributed by atoms with Gasteiger partial charge in [-0.25, -0.2) is 4.39 Å². The molecule has 0 saturated carbocycles. The second-order valence-corrected chi connectivity index (χ2v) is 7.13. The fraction of sp³-hybridized carbons (Fsp3) is 0.0909. The first-order valence-corrected chi connectivity index (χ1v) is 9.61. The van der Waals surface area contributed by atoms with E-state index in [1.165, 1.54) is 37.5 Å². The lowest BCUT2D eigenvalue weighted by atomic mass is 10.1. The highest BCUT2D eigenvalue weighted by Crippen LogP contribution is 2.27. The predicted octanol–water partition coefficient (Wildman–Crippen LogP) is 2.78. The summed E-state index contributed by atoms with van der Waals surface area (Å²) in [6.45, 7) is -0.0217. The number of ether oxygens (including phenoxy) is 1. The van der Waals surface area contributed by atoms with Gasteiger partial charge in [0.25, 0.3) is 11.8 Å². The highest BCUT2D eigenvalue weighted by Gasteiger charge is 2.34. The van der Waals surface area contributed by atoms with Gasteiger partial charge in [0.05, 0.1) is 12.8 Å². The van der Waals surface area contributed by atoms with Crippen LogP contribution in [-0.4, -0.2) is 34.6 Å². The van der Waals surface area contributed by atoms with Crippen molar-refractivity contribution in [3.05, 3.63) is 71.7 Å². The maximum Gasteiger partial charge on any atom is 0.325 e. The molecule has 0 spiro atoms. The molecule has 4 rings (SSSR count). The number of esters is 1. The maximum absolute atomic E-state index is 13.3. The molecular weight excluding hydrogens is 421 g/mol. The third kappa shape index (κ3) is 3.82. The van der Waals surface area contributed by atoms with Crippen molar-refractivity contribution in [3.8, 4) is 0 Å². The first-order chi connectivity index (χ1) is 14.9. The van der Waals surface area contributed by atoms with Crippen LogP contribution in [0.1, 0.15) is 5.56 Å². The van der Waals surface area contributed by atoms with E-state index >= 15 is 0 Å². The monoisotopic (exact) mass is 437 g/mol. The summed E-state index contributed by atoms with van der Waals surface area (Å²) in [7, 11) is 1.30. The molecule has 1 fully saturated rings. The van der Waals surface area contributed by atoms with E-state index in [4.69, 9.17) is 17.0 Å². The van der Waals surface area contributed by atoms with Crippen molar-refractivity contribution in [3.63, 3.8) is 0 Å². The van der Waals surface area contributed by atoms with Gasteiger partial charge in [-0.05, 0) is 48.6 Å². The molecule has 9 heteroatoms. The Hall–Kier alpha value is -3.85. The van der Waals surface area contributed by atoms with E-state index < -0.39 is 23.6 Å². The Morgan fingerprint density at radius 1 is 1.16 bits per heavy atom. The van der Waals surface area contributed by atoms with E-state index in [2.05, 4.69) is 5.32 Å².